The first-order chi connectivity index (χ1) is 19.5. The Morgan fingerprint density at radius 3 is 2.59 bits per heavy atom. The quantitative estimate of drug-likeness (QED) is 0.272. The number of hydrogen-bond donors (Lipinski definition) is 2. The highest BCUT2D eigenvalue weighted by atomic mass is 31.2. The van der Waals surface area contributed by atoms with Crippen LogP contribution in [-0.2, 0) is 28.1 Å². The van der Waals surface area contributed by atoms with Gasteiger partial charge in [-0.05, 0) is 69.2 Å². The molecule has 0 spiro atoms. The van der Waals surface area contributed by atoms with Gasteiger partial charge in [-0.2, -0.15) is 5.09 Å². The van der Waals surface area contributed by atoms with Crippen molar-refractivity contribution < 1.29 is 37.0 Å². The van der Waals surface area contributed by atoms with Gasteiger partial charge in [0.15, 0.2) is 12.5 Å². The molecule has 41 heavy (non-hydrogen) atoms. The number of carbonyl (C=O) groups excluding carboxylic acids is 1. The number of halogens is 1. The van der Waals surface area contributed by atoms with Crippen molar-refractivity contribution in [3.63, 3.8) is 0 Å². The zero-order valence-electron chi connectivity index (χ0n) is 23.4. The van der Waals surface area contributed by atoms with Gasteiger partial charge in [-0.1, -0.05) is 20.3 Å². The van der Waals surface area contributed by atoms with Crippen LogP contribution in [0.1, 0.15) is 64.2 Å². The van der Waals surface area contributed by atoms with E-state index < -0.39 is 55.9 Å². The van der Waals surface area contributed by atoms with Gasteiger partial charge in [0.05, 0.1) is 6.61 Å². The molecule has 4 atom stereocenters. The maximum atomic E-state index is 14.0. The van der Waals surface area contributed by atoms with Crippen LogP contribution in [0, 0.1) is 18.7 Å². The van der Waals surface area contributed by atoms with Crippen LogP contribution in [0.5, 0.6) is 5.75 Å². The van der Waals surface area contributed by atoms with Crippen LogP contribution in [0.2, 0.25) is 0 Å². The third-order valence-corrected chi connectivity index (χ3v) is 8.32. The topological polar surface area (TPSA) is 147 Å². The molecule has 0 bridgehead atoms. The first-order valence-corrected chi connectivity index (χ1v) is 15.3. The minimum Gasteiger partial charge on any atom is -0.461 e. The van der Waals surface area contributed by atoms with Crippen molar-refractivity contribution in [2.45, 2.75) is 84.0 Å². The third kappa shape index (κ3) is 8.83. The second-order valence-corrected chi connectivity index (χ2v) is 12.4. The van der Waals surface area contributed by atoms with E-state index in [0.29, 0.717) is 12.0 Å². The van der Waals surface area contributed by atoms with Crippen LogP contribution in [-0.4, -0.2) is 47.2 Å². The molecule has 1 saturated heterocycles. The highest BCUT2D eigenvalue weighted by Crippen LogP contribution is 2.46. The number of aromatic nitrogens is 2. The van der Waals surface area contributed by atoms with Gasteiger partial charge in [-0.3, -0.25) is 23.7 Å². The molecule has 2 N–H and O–H groups in total. The monoisotopic (exact) mass is 597 g/mol. The first-order valence-electron chi connectivity index (χ1n) is 13.8. The molecule has 1 aromatic carbocycles. The predicted molar refractivity (Wildman–Crippen MR) is 146 cm³/mol. The van der Waals surface area contributed by atoms with Crippen molar-refractivity contribution >= 4 is 13.7 Å². The number of aromatic amines is 1. The standard InChI is InChI=1S/C27H37FN3O9P/c1-17(2)13-22(26(33)38-20-7-5-4-6-8-20)30-41(35,40-21-11-9-19(28)10-12-21)37-16-24-36-15-23(39-24)31-14-18(3)25(32)29-27(31)34/h9-12,14,17,20,22-24H,4-8,13,15-16H2,1-3H3,(H,30,35)(H,29,32,34)/t22?,23-,24-,41?/m1/s1. The smallest absolute Gasteiger partial charge is 0.459 e. The van der Waals surface area contributed by atoms with Gasteiger partial charge >= 0.3 is 19.4 Å². The Hall–Kier alpha value is -2.83. The van der Waals surface area contributed by atoms with Gasteiger partial charge in [-0.15, -0.1) is 0 Å². The van der Waals surface area contributed by atoms with Crippen LogP contribution >= 0.6 is 7.75 Å². The fourth-order valence-corrected chi connectivity index (χ4v) is 6.14. The number of benzene rings is 1. The Labute approximate surface area is 237 Å². The lowest BCUT2D eigenvalue weighted by Crippen LogP contribution is -2.41. The van der Waals surface area contributed by atoms with Crippen molar-refractivity contribution in [1.82, 2.24) is 14.6 Å². The molecule has 4 rings (SSSR count). The Balaban J connectivity index is 1.48. The molecule has 2 aliphatic rings. The van der Waals surface area contributed by atoms with E-state index in [2.05, 4.69) is 10.1 Å². The van der Waals surface area contributed by atoms with Crippen molar-refractivity contribution in [3.8, 4) is 5.75 Å². The third-order valence-electron chi connectivity index (χ3n) is 6.75. The fourth-order valence-electron chi connectivity index (χ4n) is 4.65. The molecule has 1 aliphatic heterocycles. The number of carbonyl (C=O) groups is 1. The number of H-pyrrole nitrogens is 1. The normalized spacial score (nSPS) is 21.9. The molecule has 0 amide bonds. The summed E-state index contributed by atoms with van der Waals surface area (Å²) < 4.78 is 57.1. The Kier molecular flexibility index (Phi) is 10.5. The van der Waals surface area contributed by atoms with Gasteiger partial charge in [0.25, 0.3) is 5.56 Å². The van der Waals surface area contributed by atoms with Gasteiger partial charge in [0.1, 0.15) is 30.3 Å². The molecule has 0 radical (unpaired) electrons. The summed E-state index contributed by atoms with van der Waals surface area (Å²) in [5.41, 5.74) is -0.866. The molecular formula is C27H37FN3O9P. The average Bonchev–Trinajstić information content (AvgIpc) is 3.40. The molecule has 1 aliphatic carbocycles. The average molecular weight is 598 g/mol. The number of hydrogen-bond acceptors (Lipinski definition) is 9. The molecule has 226 valence electrons. The number of esters is 1. The number of ether oxygens (including phenoxy) is 3. The van der Waals surface area contributed by atoms with E-state index in [9.17, 15) is 23.3 Å². The van der Waals surface area contributed by atoms with E-state index >= 15 is 0 Å². The Bertz CT molecular complexity index is 1340. The largest absolute Gasteiger partial charge is 0.461 e. The number of rotatable bonds is 12. The summed E-state index contributed by atoms with van der Waals surface area (Å²) in [5, 5.41) is 2.74. The number of aryl methyl sites for hydroxylation is 1. The number of nitrogens with zero attached hydrogens (tertiary/aromatic N) is 1. The van der Waals surface area contributed by atoms with Crippen LogP contribution < -0.4 is 20.9 Å². The van der Waals surface area contributed by atoms with Gasteiger partial charge in [-0.25, -0.2) is 13.8 Å². The summed E-state index contributed by atoms with van der Waals surface area (Å²) in [7, 11) is -4.29. The lowest BCUT2D eigenvalue weighted by Gasteiger charge is -2.28. The molecule has 1 saturated carbocycles. The maximum Gasteiger partial charge on any atom is 0.459 e. The van der Waals surface area contributed by atoms with Gasteiger partial charge in [0.2, 0.25) is 0 Å². The van der Waals surface area contributed by atoms with Crippen molar-refractivity contribution in [2.24, 2.45) is 5.92 Å². The lowest BCUT2D eigenvalue weighted by molar-refractivity contribution is -0.153. The number of nitrogens with one attached hydrogen (secondary N) is 2. The van der Waals surface area contributed by atoms with Crippen molar-refractivity contribution in [2.75, 3.05) is 13.2 Å². The van der Waals surface area contributed by atoms with Crippen LogP contribution in [0.3, 0.4) is 0 Å². The zero-order valence-corrected chi connectivity index (χ0v) is 24.3. The molecule has 2 heterocycles. The summed E-state index contributed by atoms with van der Waals surface area (Å²) in [4.78, 5) is 39.3. The molecule has 14 heteroatoms. The molecule has 2 unspecified atom stereocenters. The molecular weight excluding hydrogens is 560 g/mol. The maximum absolute atomic E-state index is 14.0. The van der Waals surface area contributed by atoms with Crippen LogP contribution in [0.4, 0.5) is 4.39 Å². The predicted octanol–water partition coefficient (Wildman–Crippen LogP) is 3.94. The van der Waals surface area contributed by atoms with Crippen LogP contribution in [0.15, 0.2) is 40.1 Å². The van der Waals surface area contributed by atoms with Gasteiger partial charge < -0.3 is 18.7 Å². The minimum absolute atomic E-state index is 0.0343. The minimum atomic E-state index is -4.29. The Morgan fingerprint density at radius 1 is 1.20 bits per heavy atom. The fraction of sp³-hybridized carbons (Fsp3) is 0.593. The van der Waals surface area contributed by atoms with E-state index in [0.717, 1.165) is 44.2 Å². The summed E-state index contributed by atoms with van der Waals surface area (Å²) in [5.74, 6) is -0.987. The molecule has 2 fully saturated rings. The highest BCUT2D eigenvalue weighted by molar-refractivity contribution is 7.52. The van der Waals surface area contributed by atoms with E-state index in [1.807, 2.05) is 13.8 Å². The van der Waals surface area contributed by atoms with Crippen molar-refractivity contribution in [1.29, 1.82) is 0 Å². The first kappa shape index (κ1) is 31.1. The molecule has 1 aromatic heterocycles. The SMILES string of the molecule is Cc1cn([C@H]2CO[C@@H](COP(=O)(NC(CC(C)C)C(=O)OC3CCCCC3)Oc3ccc(F)cc3)O2)c(=O)[nH]c1=O. The molecule has 12 nitrogen and oxygen atoms in total. The Morgan fingerprint density at radius 2 is 1.90 bits per heavy atom. The van der Waals surface area contributed by atoms with E-state index in [1.54, 1.807) is 6.92 Å². The summed E-state index contributed by atoms with van der Waals surface area (Å²) in [6, 6.07) is 3.84. The van der Waals surface area contributed by atoms with E-state index in [4.69, 9.17) is 23.3 Å². The van der Waals surface area contributed by atoms with Gasteiger partial charge in [0, 0.05) is 11.8 Å². The second-order valence-electron chi connectivity index (χ2n) is 10.7. The highest BCUT2D eigenvalue weighted by Gasteiger charge is 2.38. The zero-order chi connectivity index (χ0) is 29.6. The molecule has 2 aromatic rings. The van der Waals surface area contributed by atoms with Crippen molar-refractivity contribution in [3.05, 3.63) is 62.7 Å². The summed E-state index contributed by atoms with van der Waals surface area (Å²) in [6.45, 7) is 4.93. The second kappa shape index (κ2) is 13.9. The summed E-state index contributed by atoms with van der Waals surface area (Å²) in [6.07, 6.45) is 4.12. The summed E-state index contributed by atoms with van der Waals surface area (Å²) >= 11 is 0. The van der Waals surface area contributed by atoms with Crippen LogP contribution in [0.25, 0.3) is 0 Å². The lowest BCUT2D eigenvalue weighted by atomic mass is 9.97. The van der Waals surface area contributed by atoms with E-state index in [-0.39, 0.29) is 24.4 Å². The van der Waals surface area contributed by atoms with E-state index in [1.165, 1.54) is 22.9 Å².